The summed E-state index contributed by atoms with van der Waals surface area (Å²) in [6, 6.07) is 8.08. The van der Waals surface area contributed by atoms with Crippen molar-refractivity contribution >= 4 is 27.4 Å². The number of benzene rings is 1. The van der Waals surface area contributed by atoms with Crippen LogP contribution in [0.3, 0.4) is 0 Å². The molecule has 26 heavy (non-hydrogen) atoms. The zero-order valence-corrected chi connectivity index (χ0v) is 16.6. The SMILES string of the molecule is COCc1nn2c3c(cnc2c1-c1ccc(Br)cc1)C(=O)CC(C)(C)C3. The molecule has 1 aliphatic carbocycles. The number of nitrogens with zero attached hydrogens (tertiary/aromatic N) is 3. The quantitative estimate of drug-likeness (QED) is 0.635. The number of carbonyl (C=O) groups excluding carboxylic acids is 1. The molecule has 0 fully saturated rings. The molecule has 0 bridgehead atoms. The summed E-state index contributed by atoms with van der Waals surface area (Å²) in [5.74, 6) is 0.139. The highest BCUT2D eigenvalue weighted by atomic mass is 79.9. The summed E-state index contributed by atoms with van der Waals surface area (Å²) in [5, 5.41) is 4.78. The summed E-state index contributed by atoms with van der Waals surface area (Å²) in [6.45, 7) is 4.63. The van der Waals surface area contributed by atoms with E-state index in [9.17, 15) is 4.79 Å². The molecule has 5 nitrogen and oxygen atoms in total. The molecule has 134 valence electrons. The van der Waals surface area contributed by atoms with Crippen molar-refractivity contribution in [3.05, 3.63) is 51.9 Å². The highest BCUT2D eigenvalue weighted by Gasteiger charge is 2.34. The summed E-state index contributed by atoms with van der Waals surface area (Å²) in [5.41, 5.74) is 5.13. The molecular formula is C20H20BrN3O2. The van der Waals surface area contributed by atoms with Gasteiger partial charge in [0.05, 0.1) is 29.1 Å². The summed E-state index contributed by atoms with van der Waals surface area (Å²) in [7, 11) is 1.66. The molecule has 4 rings (SSSR count). The van der Waals surface area contributed by atoms with Gasteiger partial charge in [0.25, 0.3) is 0 Å². The van der Waals surface area contributed by atoms with Gasteiger partial charge in [0, 0.05) is 24.2 Å². The number of ether oxygens (including phenoxy) is 1. The van der Waals surface area contributed by atoms with Crippen LogP contribution in [0.2, 0.25) is 0 Å². The third-order valence-electron chi connectivity index (χ3n) is 4.82. The van der Waals surface area contributed by atoms with Crippen molar-refractivity contribution in [2.45, 2.75) is 33.3 Å². The second-order valence-electron chi connectivity index (χ2n) is 7.56. The topological polar surface area (TPSA) is 56.5 Å². The molecule has 3 aromatic rings. The molecular weight excluding hydrogens is 394 g/mol. The molecule has 6 heteroatoms. The van der Waals surface area contributed by atoms with Crippen LogP contribution < -0.4 is 0 Å². The minimum atomic E-state index is -0.0799. The van der Waals surface area contributed by atoms with Gasteiger partial charge in [-0.3, -0.25) is 4.79 Å². The number of rotatable bonds is 3. The molecule has 1 aromatic carbocycles. The lowest BCUT2D eigenvalue weighted by Crippen LogP contribution is -2.29. The number of aromatic nitrogens is 3. The van der Waals surface area contributed by atoms with Gasteiger partial charge in [0.15, 0.2) is 11.4 Å². The van der Waals surface area contributed by atoms with Gasteiger partial charge < -0.3 is 4.74 Å². The fourth-order valence-corrected chi connectivity index (χ4v) is 3.94. The molecule has 0 amide bonds. The van der Waals surface area contributed by atoms with Crippen LogP contribution in [0.25, 0.3) is 16.8 Å². The molecule has 0 saturated heterocycles. The van der Waals surface area contributed by atoms with Gasteiger partial charge in [-0.1, -0.05) is 41.9 Å². The van der Waals surface area contributed by atoms with E-state index in [4.69, 9.17) is 9.84 Å². The average molecular weight is 414 g/mol. The van der Waals surface area contributed by atoms with Crippen LogP contribution in [-0.2, 0) is 17.8 Å². The fourth-order valence-electron chi connectivity index (χ4n) is 3.67. The predicted molar refractivity (Wildman–Crippen MR) is 103 cm³/mol. The van der Waals surface area contributed by atoms with Crippen LogP contribution in [0.1, 0.15) is 42.0 Å². The number of fused-ring (bicyclic) bond motifs is 3. The number of hydrogen-bond acceptors (Lipinski definition) is 4. The minimum absolute atomic E-state index is 0.0799. The summed E-state index contributed by atoms with van der Waals surface area (Å²) in [6.07, 6.45) is 3.04. The summed E-state index contributed by atoms with van der Waals surface area (Å²) in [4.78, 5) is 17.2. The first-order chi connectivity index (χ1) is 12.4. The number of Topliss-reactive ketones (excluding diaryl/α,β-unsaturated/α-hetero) is 1. The number of carbonyl (C=O) groups is 1. The van der Waals surface area contributed by atoms with E-state index in [1.807, 2.05) is 28.8 Å². The second-order valence-corrected chi connectivity index (χ2v) is 8.47. The molecule has 0 N–H and O–H groups in total. The zero-order chi connectivity index (χ0) is 18.5. The van der Waals surface area contributed by atoms with Gasteiger partial charge in [-0.25, -0.2) is 9.50 Å². The van der Waals surface area contributed by atoms with Gasteiger partial charge in [-0.15, -0.1) is 0 Å². The van der Waals surface area contributed by atoms with Crippen LogP contribution in [0.5, 0.6) is 0 Å². The van der Waals surface area contributed by atoms with Gasteiger partial charge in [0.2, 0.25) is 0 Å². The maximum Gasteiger partial charge on any atom is 0.166 e. The normalized spacial score (nSPS) is 16.1. The molecule has 0 spiro atoms. The number of ketones is 1. The van der Waals surface area contributed by atoms with Gasteiger partial charge >= 0.3 is 0 Å². The first-order valence-corrected chi connectivity index (χ1v) is 9.36. The lowest BCUT2D eigenvalue weighted by atomic mass is 9.76. The van der Waals surface area contributed by atoms with E-state index in [0.717, 1.165) is 39.1 Å². The fraction of sp³-hybridized carbons (Fsp3) is 0.350. The predicted octanol–water partition coefficient (Wildman–Crippen LogP) is 4.46. The standard InChI is InChI=1S/C20H20BrN3O2/c1-20(2)8-16-14(17(25)9-20)10-22-19-18(12-4-6-13(21)7-5-12)15(11-26-3)23-24(16)19/h4-7,10H,8-9,11H2,1-3H3. The molecule has 1 aliphatic rings. The lowest BCUT2D eigenvalue weighted by Gasteiger charge is -2.29. The number of hydrogen-bond donors (Lipinski definition) is 0. The number of halogens is 1. The lowest BCUT2D eigenvalue weighted by molar-refractivity contribution is 0.0908. The third kappa shape index (κ3) is 2.87. The Balaban J connectivity index is 1.99. The van der Waals surface area contributed by atoms with Gasteiger partial charge in [-0.05, 0) is 29.5 Å². The molecule has 0 unspecified atom stereocenters. The van der Waals surface area contributed by atoms with Crippen molar-refractivity contribution < 1.29 is 9.53 Å². The van der Waals surface area contributed by atoms with Gasteiger partial charge in [-0.2, -0.15) is 5.10 Å². The smallest absolute Gasteiger partial charge is 0.166 e. The van der Waals surface area contributed by atoms with Crippen LogP contribution >= 0.6 is 15.9 Å². The maximum atomic E-state index is 12.6. The maximum absolute atomic E-state index is 12.6. The average Bonchev–Trinajstić information content (AvgIpc) is 2.94. The molecule has 0 aliphatic heterocycles. The monoisotopic (exact) mass is 413 g/mol. The first-order valence-electron chi connectivity index (χ1n) is 8.57. The molecule has 0 saturated carbocycles. The Kier molecular flexibility index (Phi) is 4.20. The summed E-state index contributed by atoms with van der Waals surface area (Å²) >= 11 is 3.48. The molecule has 0 atom stereocenters. The zero-order valence-electron chi connectivity index (χ0n) is 15.0. The number of methoxy groups -OCH3 is 1. The van der Waals surface area contributed by atoms with Crippen molar-refractivity contribution in [1.82, 2.24) is 14.6 Å². The first kappa shape index (κ1) is 17.4. The Labute approximate surface area is 160 Å². The Morgan fingerprint density at radius 1 is 1.23 bits per heavy atom. The van der Waals surface area contributed by atoms with E-state index in [1.165, 1.54) is 0 Å². The Bertz CT molecular complexity index is 1010. The molecule has 2 aromatic heterocycles. The van der Waals surface area contributed by atoms with Crippen molar-refractivity contribution in [3.8, 4) is 11.1 Å². The van der Waals surface area contributed by atoms with Crippen LogP contribution in [0, 0.1) is 5.41 Å². The van der Waals surface area contributed by atoms with Crippen LogP contribution in [0.4, 0.5) is 0 Å². The van der Waals surface area contributed by atoms with E-state index in [2.05, 4.69) is 34.8 Å². The van der Waals surface area contributed by atoms with E-state index in [0.29, 0.717) is 18.6 Å². The third-order valence-corrected chi connectivity index (χ3v) is 5.34. The largest absolute Gasteiger partial charge is 0.378 e. The van der Waals surface area contributed by atoms with E-state index < -0.39 is 0 Å². The summed E-state index contributed by atoms with van der Waals surface area (Å²) < 4.78 is 8.23. The van der Waals surface area contributed by atoms with Crippen molar-refractivity contribution in [2.75, 3.05) is 7.11 Å². The Morgan fingerprint density at radius 3 is 2.65 bits per heavy atom. The van der Waals surface area contributed by atoms with Crippen molar-refractivity contribution in [3.63, 3.8) is 0 Å². The van der Waals surface area contributed by atoms with Crippen LogP contribution in [-0.4, -0.2) is 27.5 Å². The molecule has 0 radical (unpaired) electrons. The minimum Gasteiger partial charge on any atom is -0.378 e. The van der Waals surface area contributed by atoms with Crippen molar-refractivity contribution in [1.29, 1.82) is 0 Å². The van der Waals surface area contributed by atoms with Crippen molar-refractivity contribution in [2.24, 2.45) is 5.41 Å². The molecule has 2 heterocycles. The Hall–Kier alpha value is -2.05. The van der Waals surface area contributed by atoms with Crippen LogP contribution in [0.15, 0.2) is 34.9 Å². The van der Waals surface area contributed by atoms with E-state index in [-0.39, 0.29) is 11.2 Å². The highest BCUT2D eigenvalue weighted by Crippen LogP contribution is 2.37. The van der Waals surface area contributed by atoms with E-state index in [1.54, 1.807) is 13.3 Å². The Morgan fingerprint density at radius 2 is 1.96 bits per heavy atom. The van der Waals surface area contributed by atoms with E-state index >= 15 is 0 Å². The van der Waals surface area contributed by atoms with Gasteiger partial charge in [0.1, 0.15) is 0 Å². The second kappa shape index (κ2) is 6.28. The highest BCUT2D eigenvalue weighted by molar-refractivity contribution is 9.10.